The van der Waals surface area contributed by atoms with E-state index in [4.69, 9.17) is 0 Å². The van der Waals surface area contributed by atoms with Crippen molar-refractivity contribution in [1.82, 2.24) is 15.3 Å². The number of hydrogen-bond donors (Lipinski definition) is 1. The highest BCUT2D eigenvalue weighted by atomic mass is 16.2. The van der Waals surface area contributed by atoms with Gasteiger partial charge in [0.1, 0.15) is 0 Å². The number of nitrogens with one attached hydrogen (secondary N) is 1. The van der Waals surface area contributed by atoms with Crippen LogP contribution in [0.25, 0.3) is 0 Å². The maximum Gasteiger partial charge on any atom is 0.223 e. The number of rotatable bonds is 3. The Morgan fingerprint density at radius 1 is 1.54 bits per heavy atom. The number of carbonyl (C=O) groups excluding carboxylic acids is 1. The van der Waals surface area contributed by atoms with Gasteiger partial charge in [-0.05, 0) is 12.8 Å². The highest BCUT2D eigenvalue weighted by Crippen LogP contribution is 2.28. The van der Waals surface area contributed by atoms with Crippen LogP contribution in [0.2, 0.25) is 0 Å². The number of amides is 1. The lowest BCUT2D eigenvalue weighted by molar-refractivity contribution is -0.122. The summed E-state index contributed by atoms with van der Waals surface area (Å²) >= 11 is 0. The van der Waals surface area contributed by atoms with E-state index in [1.54, 1.807) is 18.6 Å². The fraction of sp³-hybridized carbons (Fsp3) is 0.444. The van der Waals surface area contributed by atoms with Gasteiger partial charge in [-0.2, -0.15) is 0 Å². The Kier molecular flexibility index (Phi) is 2.21. The Balaban J connectivity index is 1.82. The Morgan fingerprint density at radius 2 is 2.38 bits per heavy atom. The molecule has 1 aromatic rings. The van der Waals surface area contributed by atoms with Crippen molar-refractivity contribution in [3.63, 3.8) is 0 Å². The van der Waals surface area contributed by atoms with Crippen LogP contribution in [0.5, 0.6) is 0 Å². The first kappa shape index (κ1) is 8.16. The average molecular weight is 177 g/mol. The lowest BCUT2D eigenvalue weighted by Gasteiger charge is -2.01. The van der Waals surface area contributed by atoms with Crippen molar-refractivity contribution in [3.05, 3.63) is 24.3 Å². The van der Waals surface area contributed by atoms with E-state index >= 15 is 0 Å². The van der Waals surface area contributed by atoms with Crippen LogP contribution in [0, 0.1) is 5.92 Å². The second-order valence-corrected chi connectivity index (χ2v) is 3.19. The van der Waals surface area contributed by atoms with Gasteiger partial charge in [-0.3, -0.25) is 14.8 Å². The molecular weight excluding hydrogens is 166 g/mol. The normalized spacial score (nSPS) is 15.4. The van der Waals surface area contributed by atoms with Crippen LogP contribution in [0.15, 0.2) is 18.6 Å². The molecular formula is C9H11N3O. The van der Waals surface area contributed by atoms with E-state index in [1.807, 2.05) is 0 Å². The third kappa shape index (κ3) is 2.24. The highest BCUT2D eigenvalue weighted by molar-refractivity contribution is 5.80. The fourth-order valence-corrected chi connectivity index (χ4v) is 1.09. The summed E-state index contributed by atoms with van der Waals surface area (Å²) < 4.78 is 0. The molecule has 68 valence electrons. The molecule has 0 aliphatic heterocycles. The molecule has 1 aromatic heterocycles. The smallest absolute Gasteiger partial charge is 0.223 e. The summed E-state index contributed by atoms with van der Waals surface area (Å²) in [5.41, 5.74) is 0.802. The molecule has 0 spiro atoms. The van der Waals surface area contributed by atoms with E-state index in [1.165, 1.54) is 0 Å². The van der Waals surface area contributed by atoms with Gasteiger partial charge in [-0.1, -0.05) is 0 Å². The Hall–Kier alpha value is -1.45. The van der Waals surface area contributed by atoms with Crippen molar-refractivity contribution in [1.29, 1.82) is 0 Å². The average Bonchev–Trinajstić information content (AvgIpc) is 2.99. The summed E-state index contributed by atoms with van der Waals surface area (Å²) in [7, 11) is 0. The first-order chi connectivity index (χ1) is 6.36. The first-order valence-electron chi connectivity index (χ1n) is 4.39. The molecule has 1 heterocycles. The van der Waals surface area contributed by atoms with Gasteiger partial charge in [0.05, 0.1) is 18.4 Å². The summed E-state index contributed by atoms with van der Waals surface area (Å²) in [6, 6.07) is 0. The SMILES string of the molecule is O=C(NCc1cnccn1)C1CC1. The van der Waals surface area contributed by atoms with Crippen LogP contribution < -0.4 is 5.32 Å². The van der Waals surface area contributed by atoms with E-state index in [2.05, 4.69) is 15.3 Å². The molecule has 13 heavy (non-hydrogen) atoms. The van der Waals surface area contributed by atoms with Crippen molar-refractivity contribution in [2.75, 3.05) is 0 Å². The molecule has 1 amide bonds. The molecule has 0 aromatic carbocycles. The largest absolute Gasteiger partial charge is 0.350 e. The second-order valence-electron chi connectivity index (χ2n) is 3.19. The van der Waals surface area contributed by atoms with E-state index < -0.39 is 0 Å². The Bertz CT molecular complexity index is 295. The molecule has 0 radical (unpaired) electrons. The zero-order valence-corrected chi connectivity index (χ0v) is 7.23. The van der Waals surface area contributed by atoms with E-state index in [9.17, 15) is 4.79 Å². The van der Waals surface area contributed by atoms with Gasteiger partial charge in [-0.25, -0.2) is 0 Å². The molecule has 2 rings (SSSR count). The Morgan fingerprint density at radius 3 is 3.00 bits per heavy atom. The van der Waals surface area contributed by atoms with Crippen molar-refractivity contribution in [2.45, 2.75) is 19.4 Å². The van der Waals surface area contributed by atoms with Crippen LogP contribution in [0.3, 0.4) is 0 Å². The topological polar surface area (TPSA) is 54.9 Å². The molecule has 1 fully saturated rings. The van der Waals surface area contributed by atoms with Crippen LogP contribution >= 0.6 is 0 Å². The fourth-order valence-electron chi connectivity index (χ4n) is 1.09. The first-order valence-corrected chi connectivity index (χ1v) is 4.39. The van der Waals surface area contributed by atoms with Crippen molar-refractivity contribution in [3.8, 4) is 0 Å². The van der Waals surface area contributed by atoms with Crippen LogP contribution in [0.1, 0.15) is 18.5 Å². The van der Waals surface area contributed by atoms with Crippen molar-refractivity contribution >= 4 is 5.91 Å². The molecule has 0 unspecified atom stereocenters. The number of aromatic nitrogens is 2. The van der Waals surface area contributed by atoms with Gasteiger partial charge in [-0.15, -0.1) is 0 Å². The predicted octanol–water partition coefficient (Wildman–Crippen LogP) is 0.503. The summed E-state index contributed by atoms with van der Waals surface area (Å²) in [6.45, 7) is 0.489. The zero-order chi connectivity index (χ0) is 9.10. The van der Waals surface area contributed by atoms with E-state index in [0.717, 1.165) is 18.5 Å². The third-order valence-corrected chi connectivity index (χ3v) is 2.01. The minimum Gasteiger partial charge on any atom is -0.350 e. The standard InChI is InChI=1S/C9H11N3O/c13-9(7-1-2-7)12-6-8-5-10-3-4-11-8/h3-5,7H,1-2,6H2,(H,12,13). The quantitative estimate of drug-likeness (QED) is 0.731. The van der Waals surface area contributed by atoms with Gasteiger partial charge in [0.25, 0.3) is 0 Å². The number of carbonyl (C=O) groups is 1. The Labute approximate surface area is 76.4 Å². The lowest BCUT2D eigenvalue weighted by Crippen LogP contribution is -2.24. The van der Waals surface area contributed by atoms with Gasteiger partial charge in [0, 0.05) is 18.3 Å². The maximum atomic E-state index is 11.2. The molecule has 1 saturated carbocycles. The molecule has 0 atom stereocenters. The molecule has 1 N–H and O–H groups in total. The monoisotopic (exact) mass is 177 g/mol. The minimum absolute atomic E-state index is 0.144. The summed E-state index contributed by atoms with van der Waals surface area (Å²) in [6.07, 6.45) is 6.97. The highest BCUT2D eigenvalue weighted by Gasteiger charge is 2.29. The number of hydrogen-bond acceptors (Lipinski definition) is 3. The van der Waals surface area contributed by atoms with E-state index in [0.29, 0.717) is 6.54 Å². The summed E-state index contributed by atoms with van der Waals surface area (Å²) in [4.78, 5) is 19.2. The van der Waals surface area contributed by atoms with Crippen LogP contribution in [-0.2, 0) is 11.3 Å². The van der Waals surface area contributed by atoms with Gasteiger partial charge in [0.15, 0.2) is 0 Å². The van der Waals surface area contributed by atoms with Gasteiger partial charge in [0.2, 0.25) is 5.91 Å². The van der Waals surface area contributed by atoms with Crippen LogP contribution in [-0.4, -0.2) is 15.9 Å². The van der Waals surface area contributed by atoms with Crippen LogP contribution in [0.4, 0.5) is 0 Å². The molecule has 1 aliphatic rings. The number of nitrogens with zero attached hydrogens (tertiary/aromatic N) is 2. The molecule has 4 nitrogen and oxygen atoms in total. The second kappa shape index (κ2) is 3.51. The minimum atomic E-state index is 0.144. The molecule has 0 saturated heterocycles. The summed E-state index contributed by atoms with van der Waals surface area (Å²) in [5.74, 6) is 0.405. The van der Waals surface area contributed by atoms with Gasteiger partial charge < -0.3 is 5.32 Å². The lowest BCUT2D eigenvalue weighted by atomic mass is 10.3. The van der Waals surface area contributed by atoms with Crippen molar-refractivity contribution in [2.24, 2.45) is 5.92 Å². The molecule has 1 aliphatic carbocycles. The molecule has 4 heteroatoms. The predicted molar refractivity (Wildman–Crippen MR) is 46.6 cm³/mol. The molecule has 0 bridgehead atoms. The summed E-state index contributed by atoms with van der Waals surface area (Å²) in [5, 5.41) is 2.82. The van der Waals surface area contributed by atoms with Crippen molar-refractivity contribution < 1.29 is 4.79 Å². The zero-order valence-electron chi connectivity index (χ0n) is 7.23. The van der Waals surface area contributed by atoms with Gasteiger partial charge >= 0.3 is 0 Å². The maximum absolute atomic E-state index is 11.2. The third-order valence-electron chi connectivity index (χ3n) is 2.01. The van der Waals surface area contributed by atoms with E-state index in [-0.39, 0.29) is 11.8 Å².